The summed E-state index contributed by atoms with van der Waals surface area (Å²) in [4.78, 5) is 25.4. The Morgan fingerprint density at radius 1 is 1.12 bits per heavy atom. The molecule has 0 fully saturated rings. The van der Waals surface area contributed by atoms with Crippen molar-refractivity contribution in [2.24, 2.45) is 0 Å². The summed E-state index contributed by atoms with van der Waals surface area (Å²) in [6.07, 6.45) is 0. The Kier molecular flexibility index (Phi) is 7.38. The van der Waals surface area contributed by atoms with Crippen LogP contribution in [-0.2, 0) is 19.6 Å². The van der Waals surface area contributed by atoms with Crippen molar-refractivity contribution >= 4 is 21.9 Å². The van der Waals surface area contributed by atoms with E-state index in [0.717, 1.165) is 4.31 Å². The summed E-state index contributed by atoms with van der Waals surface area (Å²) in [5.74, 6) is -0.976. The second-order valence-electron chi connectivity index (χ2n) is 5.30. The van der Waals surface area contributed by atoms with Gasteiger partial charge in [0.1, 0.15) is 10.6 Å². The fourth-order valence-corrected chi connectivity index (χ4v) is 3.16. The van der Waals surface area contributed by atoms with E-state index in [1.165, 1.54) is 44.3 Å². The number of likely N-dealkylation sites (N-methyl/N-ethyl adjacent to an activating group) is 1. The lowest BCUT2D eigenvalue weighted by atomic mass is 10.2. The molecule has 0 saturated carbocycles. The highest BCUT2D eigenvalue weighted by Crippen LogP contribution is 2.27. The summed E-state index contributed by atoms with van der Waals surface area (Å²) >= 11 is 0. The smallest absolute Gasteiger partial charge is 0.338 e. The van der Waals surface area contributed by atoms with Gasteiger partial charge in [0, 0.05) is 27.2 Å². The van der Waals surface area contributed by atoms with Crippen LogP contribution >= 0.6 is 0 Å². The summed E-state index contributed by atoms with van der Waals surface area (Å²) in [5.41, 5.74) is 0.0218. The number of benzene rings is 1. The van der Waals surface area contributed by atoms with Crippen molar-refractivity contribution in [3.8, 4) is 5.75 Å². The van der Waals surface area contributed by atoms with Gasteiger partial charge in [0.25, 0.3) is 5.91 Å². The van der Waals surface area contributed by atoms with Crippen molar-refractivity contribution < 1.29 is 27.5 Å². The lowest BCUT2D eigenvalue weighted by molar-refractivity contribution is -0.134. The summed E-state index contributed by atoms with van der Waals surface area (Å²) in [7, 11) is 0.290. The Labute approximate surface area is 148 Å². The molecule has 0 aromatic heterocycles. The van der Waals surface area contributed by atoms with Crippen molar-refractivity contribution in [3.05, 3.63) is 23.8 Å². The lowest BCUT2D eigenvalue weighted by Gasteiger charge is -2.18. The molecule has 0 aliphatic carbocycles. The number of sulfonamides is 1. The molecule has 0 saturated heterocycles. The van der Waals surface area contributed by atoms with Crippen LogP contribution in [0.1, 0.15) is 24.2 Å². The van der Waals surface area contributed by atoms with Crippen molar-refractivity contribution in [2.75, 3.05) is 40.9 Å². The fourth-order valence-electron chi connectivity index (χ4n) is 2.08. The number of carbonyl (C=O) groups is 2. The van der Waals surface area contributed by atoms with Crippen LogP contribution in [0.25, 0.3) is 0 Å². The quantitative estimate of drug-likeness (QED) is 0.631. The number of ether oxygens (including phenoxy) is 2. The zero-order chi connectivity index (χ0) is 19.2. The normalized spacial score (nSPS) is 11.3. The average molecular weight is 372 g/mol. The maximum Gasteiger partial charge on any atom is 0.338 e. The van der Waals surface area contributed by atoms with Gasteiger partial charge in [-0.15, -0.1) is 0 Å². The van der Waals surface area contributed by atoms with E-state index in [9.17, 15) is 18.0 Å². The van der Waals surface area contributed by atoms with Crippen LogP contribution < -0.4 is 4.74 Å². The molecular formula is C16H24N2O6S. The lowest BCUT2D eigenvalue weighted by Crippen LogP contribution is -2.34. The van der Waals surface area contributed by atoms with Gasteiger partial charge in [-0.3, -0.25) is 4.79 Å². The Hall–Kier alpha value is -2.13. The van der Waals surface area contributed by atoms with Crippen molar-refractivity contribution in [1.82, 2.24) is 9.21 Å². The van der Waals surface area contributed by atoms with E-state index in [4.69, 9.17) is 9.47 Å². The van der Waals surface area contributed by atoms with Crippen molar-refractivity contribution in [2.45, 2.75) is 18.7 Å². The minimum absolute atomic E-state index is 0.0218. The van der Waals surface area contributed by atoms with Crippen LogP contribution in [0.4, 0.5) is 0 Å². The summed E-state index contributed by atoms with van der Waals surface area (Å²) in [6.45, 7) is 4.28. The predicted molar refractivity (Wildman–Crippen MR) is 92.1 cm³/mol. The summed E-state index contributed by atoms with van der Waals surface area (Å²) in [5, 5.41) is 0. The fraction of sp³-hybridized carbons (Fsp3) is 0.500. The molecule has 0 heterocycles. The van der Waals surface area contributed by atoms with Gasteiger partial charge in [-0.05, 0) is 32.0 Å². The van der Waals surface area contributed by atoms with Gasteiger partial charge >= 0.3 is 5.97 Å². The standard InChI is InChI=1S/C16H24N2O6S/c1-6-18(7-2)15(19)11-24-16(20)12-8-9-13(23-5)14(10-12)25(21,22)17(3)4/h8-10H,6-7,11H2,1-5H3. The predicted octanol–water partition coefficient (Wildman–Crippen LogP) is 0.971. The third-order valence-electron chi connectivity index (χ3n) is 3.60. The maximum absolute atomic E-state index is 12.4. The molecule has 9 heteroatoms. The van der Waals surface area contributed by atoms with Crippen LogP contribution in [-0.4, -0.2) is 70.4 Å². The van der Waals surface area contributed by atoms with Gasteiger partial charge in [0.05, 0.1) is 12.7 Å². The van der Waals surface area contributed by atoms with Crippen LogP contribution in [0.15, 0.2) is 23.1 Å². The monoisotopic (exact) mass is 372 g/mol. The average Bonchev–Trinajstić information content (AvgIpc) is 2.59. The number of rotatable bonds is 8. The largest absolute Gasteiger partial charge is 0.495 e. The van der Waals surface area contributed by atoms with E-state index < -0.39 is 22.6 Å². The molecule has 0 unspecified atom stereocenters. The number of methoxy groups -OCH3 is 1. The van der Waals surface area contributed by atoms with Gasteiger partial charge in [-0.2, -0.15) is 0 Å². The third-order valence-corrected chi connectivity index (χ3v) is 5.44. The van der Waals surface area contributed by atoms with Crippen LogP contribution in [0, 0.1) is 0 Å². The van der Waals surface area contributed by atoms with Gasteiger partial charge in [0.2, 0.25) is 10.0 Å². The number of hydrogen-bond donors (Lipinski definition) is 0. The second-order valence-corrected chi connectivity index (χ2v) is 7.42. The van der Waals surface area contributed by atoms with E-state index in [1.807, 2.05) is 13.8 Å². The minimum atomic E-state index is -3.80. The Balaban J connectivity index is 3.03. The molecule has 25 heavy (non-hydrogen) atoms. The van der Waals surface area contributed by atoms with E-state index in [2.05, 4.69) is 0 Å². The molecule has 0 atom stereocenters. The van der Waals surface area contributed by atoms with Crippen molar-refractivity contribution in [1.29, 1.82) is 0 Å². The molecule has 1 aromatic carbocycles. The number of nitrogens with zero attached hydrogens (tertiary/aromatic N) is 2. The minimum Gasteiger partial charge on any atom is -0.495 e. The van der Waals surface area contributed by atoms with E-state index in [1.54, 1.807) is 0 Å². The third kappa shape index (κ3) is 4.93. The highest BCUT2D eigenvalue weighted by molar-refractivity contribution is 7.89. The number of esters is 1. The molecule has 0 aliphatic rings. The topological polar surface area (TPSA) is 93.2 Å². The maximum atomic E-state index is 12.4. The first-order valence-electron chi connectivity index (χ1n) is 7.74. The number of carbonyl (C=O) groups excluding carboxylic acids is 2. The Morgan fingerprint density at radius 3 is 2.20 bits per heavy atom. The molecule has 0 N–H and O–H groups in total. The van der Waals surface area contributed by atoms with E-state index >= 15 is 0 Å². The SMILES string of the molecule is CCN(CC)C(=O)COC(=O)c1ccc(OC)c(S(=O)(=O)N(C)C)c1. The van der Waals surface area contributed by atoms with E-state index in [0.29, 0.717) is 13.1 Å². The molecule has 1 amide bonds. The van der Waals surface area contributed by atoms with Crippen molar-refractivity contribution in [3.63, 3.8) is 0 Å². The molecule has 0 bridgehead atoms. The molecule has 140 valence electrons. The Bertz CT molecular complexity index is 726. The molecular weight excluding hydrogens is 348 g/mol. The first-order valence-corrected chi connectivity index (χ1v) is 9.18. The van der Waals surface area contributed by atoms with Crippen LogP contribution in [0.3, 0.4) is 0 Å². The number of amides is 1. The zero-order valence-electron chi connectivity index (χ0n) is 15.1. The number of hydrogen-bond acceptors (Lipinski definition) is 6. The molecule has 8 nitrogen and oxygen atoms in total. The molecule has 0 spiro atoms. The zero-order valence-corrected chi connectivity index (χ0v) is 15.9. The summed E-state index contributed by atoms with van der Waals surface area (Å²) < 4.78 is 35.8. The van der Waals surface area contributed by atoms with Gasteiger partial charge < -0.3 is 14.4 Å². The van der Waals surface area contributed by atoms with Crippen LogP contribution in [0.5, 0.6) is 5.75 Å². The molecule has 1 aromatic rings. The van der Waals surface area contributed by atoms with E-state index in [-0.39, 0.29) is 22.1 Å². The first kappa shape index (κ1) is 20.9. The van der Waals surface area contributed by atoms with Crippen LogP contribution in [0.2, 0.25) is 0 Å². The summed E-state index contributed by atoms with van der Waals surface area (Å²) in [6, 6.07) is 3.94. The Morgan fingerprint density at radius 2 is 1.72 bits per heavy atom. The molecule has 0 aliphatic heterocycles. The van der Waals surface area contributed by atoms with Gasteiger partial charge in [-0.25, -0.2) is 17.5 Å². The second kappa shape index (κ2) is 8.82. The molecule has 0 radical (unpaired) electrons. The molecule has 1 rings (SSSR count). The van der Waals surface area contributed by atoms with Gasteiger partial charge in [0.15, 0.2) is 6.61 Å². The first-order chi connectivity index (χ1) is 11.7. The highest BCUT2D eigenvalue weighted by Gasteiger charge is 2.24. The highest BCUT2D eigenvalue weighted by atomic mass is 32.2. The van der Waals surface area contributed by atoms with Gasteiger partial charge in [-0.1, -0.05) is 0 Å².